The average Bonchev–Trinajstić information content (AvgIpc) is 2.94. The molecule has 0 bridgehead atoms. The van der Waals surface area contributed by atoms with E-state index in [-0.39, 0.29) is 12.6 Å². The number of aromatic nitrogens is 4. The van der Waals surface area contributed by atoms with Crippen LogP contribution in [-0.2, 0) is 0 Å². The van der Waals surface area contributed by atoms with Crippen molar-refractivity contribution in [2.75, 3.05) is 12.3 Å². The molecule has 5 N–H and O–H groups in total. The van der Waals surface area contributed by atoms with E-state index in [2.05, 4.69) is 15.1 Å². The van der Waals surface area contributed by atoms with Gasteiger partial charge in [0.2, 0.25) is 5.95 Å². The zero-order chi connectivity index (χ0) is 13.6. The van der Waals surface area contributed by atoms with Crippen LogP contribution in [0.25, 0.3) is 5.65 Å². The largest absolute Gasteiger partial charge is 0.392 e. The van der Waals surface area contributed by atoms with Crippen molar-refractivity contribution >= 4 is 11.6 Å². The molecule has 3 unspecified atom stereocenters. The van der Waals surface area contributed by atoms with Gasteiger partial charge in [-0.25, -0.2) is 9.97 Å². The molecule has 3 rings (SSSR count). The van der Waals surface area contributed by atoms with Crippen LogP contribution < -0.4 is 5.73 Å². The lowest BCUT2D eigenvalue weighted by Gasteiger charge is -2.16. The van der Waals surface area contributed by atoms with E-state index < -0.39 is 18.1 Å². The van der Waals surface area contributed by atoms with Gasteiger partial charge in [0.05, 0.1) is 18.9 Å². The van der Waals surface area contributed by atoms with Gasteiger partial charge < -0.3 is 21.1 Å². The van der Waals surface area contributed by atoms with Gasteiger partial charge in [-0.15, -0.1) is 0 Å². The second-order valence-electron chi connectivity index (χ2n) is 4.43. The van der Waals surface area contributed by atoms with Crippen LogP contribution in [0.5, 0.6) is 0 Å². The standard InChI is InChI=1S/C11H13N5O3/c12-11-14-4-13-10-7(2-15-16(10)11)6-1-5(3-17)8(18)9(6)19/h1-2,4,6,8-9,17-19H,3H2,(H2,12,13,14). The molecular formula is C11H13N5O3. The molecule has 2 aromatic heterocycles. The molecule has 1 aliphatic rings. The van der Waals surface area contributed by atoms with Gasteiger partial charge in [0, 0.05) is 11.5 Å². The molecule has 8 nitrogen and oxygen atoms in total. The van der Waals surface area contributed by atoms with Gasteiger partial charge in [-0.3, -0.25) is 0 Å². The van der Waals surface area contributed by atoms with Crippen LogP contribution in [-0.4, -0.2) is 53.7 Å². The molecule has 0 saturated heterocycles. The van der Waals surface area contributed by atoms with Crippen molar-refractivity contribution in [3.05, 3.63) is 29.7 Å². The van der Waals surface area contributed by atoms with Gasteiger partial charge in [-0.2, -0.15) is 9.61 Å². The molecule has 2 heterocycles. The Morgan fingerprint density at radius 2 is 2.11 bits per heavy atom. The highest BCUT2D eigenvalue weighted by Crippen LogP contribution is 2.34. The summed E-state index contributed by atoms with van der Waals surface area (Å²) in [6, 6.07) is 0. The van der Waals surface area contributed by atoms with Crippen LogP contribution in [0.3, 0.4) is 0 Å². The summed E-state index contributed by atoms with van der Waals surface area (Å²) in [6.07, 6.45) is 2.35. The van der Waals surface area contributed by atoms with Crippen molar-refractivity contribution in [2.24, 2.45) is 0 Å². The SMILES string of the molecule is Nc1ncnc2c(C3C=C(CO)C(O)C3O)cnn12. The number of aliphatic hydroxyl groups excluding tert-OH is 3. The Morgan fingerprint density at radius 3 is 2.79 bits per heavy atom. The zero-order valence-corrected chi connectivity index (χ0v) is 9.88. The van der Waals surface area contributed by atoms with Crippen LogP contribution in [0.15, 0.2) is 24.2 Å². The smallest absolute Gasteiger partial charge is 0.224 e. The van der Waals surface area contributed by atoms with Crippen molar-refractivity contribution in [3.63, 3.8) is 0 Å². The molecule has 0 aliphatic heterocycles. The van der Waals surface area contributed by atoms with E-state index in [0.717, 1.165) is 0 Å². The van der Waals surface area contributed by atoms with Crippen molar-refractivity contribution < 1.29 is 15.3 Å². The number of aliphatic hydroxyl groups is 3. The minimum Gasteiger partial charge on any atom is -0.392 e. The number of anilines is 1. The summed E-state index contributed by atoms with van der Waals surface area (Å²) in [6.45, 7) is -0.301. The Hall–Kier alpha value is -2.03. The number of fused-ring (bicyclic) bond motifs is 1. The number of nitrogen functional groups attached to an aromatic ring is 1. The molecule has 100 valence electrons. The number of hydrogen-bond acceptors (Lipinski definition) is 7. The molecule has 0 amide bonds. The molecule has 19 heavy (non-hydrogen) atoms. The lowest BCUT2D eigenvalue weighted by Crippen LogP contribution is -2.27. The first-order valence-electron chi connectivity index (χ1n) is 5.75. The van der Waals surface area contributed by atoms with Crippen molar-refractivity contribution in [3.8, 4) is 0 Å². The van der Waals surface area contributed by atoms with Crippen LogP contribution in [0.1, 0.15) is 11.5 Å². The molecule has 0 saturated carbocycles. The van der Waals surface area contributed by atoms with Gasteiger partial charge in [0.1, 0.15) is 12.4 Å². The minimum atomic E-state index is -1.08. The predicted molar refractivity (Wildman–Crippen MR) is 65.1 cm³/mol. The lowest BCUT2D eigenvalue weighted by molar-refractivity contribution is 0.0407. The third-order valence-corrected chi connectivity index (χ3v) is 3.36. The molecule has 0 radical (unpaired) electrons. The van der Waals surface area contributed by atoms with E-state index >= 15 is 0 Å². The Morgan fingerprint density at radius 1 is 1.32 bits per heavy atom. The highest BCUT2D eigenvalue weighted by atomic mass is 16.3. The summed E-state index contributed by atoms with van der Waals surface area (Å²) < 4.78 is 1.36. The van der Waals surface area contributed by atoms with Crippen molar-refractivity contribution in [1.29, 1.82) is 0 Å². The number of rotatable bonds is 2. The van der Waals surface area contributed by atoms with E-state index in [1.807, 2.05) is 0 Å². The number of nitrogens with zero attached hydrogens (tertiary/aromatic N) is 4. The molecule has 0 aromatic carbocycles. The topological polar surface area (TPSA) is 130 Å². The van der Waals surface area contributed by atoms with Crippen molar-refractivity contribution in [1.82, 2.24) is 19.6 Å². The second kappa shape index (κ2) is 4.26. The fraction of sp³-hybridized carbons (Fsp3) is 0.364. The van der Waals surface area contributed by atoms with E-state index in [9.17, 15) is 10.2 Å². The zero-order valence-electron chi connectivity index (χ0n) is 9.88. The lowest BCUT2D eigenvalue weighted by atomic mass is 9.98. The third-order valence-electron chi connectivity index (χ3n) is 3.36. The summed E-state index contributed by atoms with van der Waals surface area (Å²) in [5.74, 6) is -0.292. The maximum absolute atomic E-state index is 10.0. The first kappa shape index (κ1) is 12.0. The average molecular weight is 263 g/mol. The number of hydrogen-bond donors (Lipinski definition) is 4. The van der Waals surface area contributed by atoms with E-state index in [0.29, 0.717) is 16.8 Å². The fourth-order valence-corrected chi connectivity index (χ4v) is 2.35. The van der Waals surface area contributed by atoms with E-state index in [4.69, 9.17) is 10.8 Å². The van der Waals surface area contributed by atoms with Gasteiger partial charge >= 0.3 is 0 Å². The normalized spacial score (nSPS) is 26.9. The molecular weight excluding hydrogens is 250 g/mol. The summed E-state index contributed by atoms with van der Waals surface area (Å²) >= 11 is 0. The first-order valence-corrected chi connectivity index (χ1v) is 5.75. The maximum atomic E-state index is 10.0. The van der Waals surface area contributed by atoms with Gasteiger partial charge in [-0.1, -0.05) is 6.08 Å². The highest BCUT2D eigenvalue weighted by Gasteiger charge is 2.36. The Balaban J connectivity index is 2.11. The molecule has 0 spiro atoms. The maximum Gasteiger partial charge on any atom is 0.224 e. The van der Waals surface area contributed by atoms with Crippen LogP contribution in [0.4, 0.5) is 5.95 Å². The summed E-state index contributed by atoms with van der Waals surface area (Å²) in [5, 5.41) is 33.0. The Kier molecular flexibility index (Phi) is 2.70. The van der Waals surface area contributed by atoms with Gasteiger partial charge in [0.25, 0.3) is 0 Å². The fourth-order valence-electron chi connectivity index (χ4n) is 2.35. The first-order chi connectivity index (χ1) is 9.13. The minimum absolute atomic E-state index is 0.190. The van der Waals surface area contributed by atoms with Crippen molar-refractivity contribution in [2.45, 2.75) is 18.1 Å². The van der Waals surface area contributed by atoms with Crippen LogP contribution >= 0.6 is 0 Å². The summed E-state index contributed by atoms with van der Waals surface area (Å²) in [7, 11) is 0. The second-order valence-corrected chi connectivity index (χ2v) is 4.43. The highest BCUT2D eigenvalue weighted by molar-refractivity contribution is 5.54. The molecule has 8 heteroatoms. The van der Waals surface area contributed by atoms with E-state index in [1.165, 1.54) is 17.0 Å². The number of nitrogens with two attached hydrogens (primary N) is 1. The predicted octanol–water partition coefficient (Wildman–Crippen LogP) is -1.56. The molecule has 3 atom stereocenters. The van der Waals surface area contributed by atoms with E-state index in [1.54, 1.807) is 6.08 Å². The van der Waals surface area contributed by atoms with Gasteiger partial charge in [-0.05, 0) is 5.57 Å². The van der Waals surface area contributed by atoms with Crippen LogP contribution in [0.2, 0.25) is 0 Å². The molecule has 0 fully saturated rings. The van der Waals surface area contributed by atoms with Crippen LogP contribution in [0, 0.1) is 0 Å². The molecule has 1 aliphatic carbocycles. The Bertz CT molecular complexity index is 653. The monoisotopic (exact) mass is 263 g/mol. The molecule has 2 aromatic rings. The third kappa shape index (κ3) is 1.69. The summed E-state index contributed by atoms with van der Waals surface area (Å²) in [5.41, 5.74) is 7.15. The Labute approximate surface area is 107 Å². The van der Waals surface area contributed by atoms with Gasteiger partial charge in [0.15, 0.2) is 5.65 Å². The quantitative estimate of drug-likeness (QED) is 0.482. The summed E-state index contributed by atoms with van der Waals surface area (Å²) in [4.78, 5) is 7.89.